The lowest BCUT2D eigenvalue weighted by Crippen LogP contribution is -2.52. The van der Waals surface area contributed by atoms with Crippen molar-refractivity contribution < 1.29 is 9.59 Å². The van der Waals surface area contributed by atoms with Crippen molar-refractivity contribution in [2.24, 2.45) is 0 Å². The number of carbonyl (C=O) groups is 2. The van der Waals surface area contributed by atoms with E-state index in [1.165, 1.54) is 0 Å². The third-order valence-electron chi connectivity index (χ3n) is 3.06. The number of carbonyl (C=O) groups excluding carboxylic acids is 2. The Morgan fingerprint density at radius 3 is 2.73 bits per heavy atom. The first kappa shape index (κ1) is 16.3. The molecule has 2 rings (SSSR count). The molecular weight excluding hydrogens is 284 g/mol. The molecule has 0 bridgehead atoms. The van der Waals surface area contributed by atoms with Crippen molar-refractivity contribution in [1.82, 2.24) is 25.7 Å². The molecule has 1 aromatic heterocycles. The van der Waals surface area contributed by atoms with Gasteiger partial charge in [0.15, 0.2) is 6.29 Å². The molecule has 1 aliphatic heterocycles. The molecule has 1 aromatic rings. The smallest absolute Gasteiger partial charge is 0.320 e. The molecule has 22 heavy (non-hydrogen) atoms. The SMILES string of the molecule is Cc1cc(NC(=O)NC(C)(C)C)n(C2NC(=O)CC(C)N2)n1. The van der Waals surface area contributed by atoms with Gasteiger partial charge in [-0.25, -0.2) is 9.48 Å². The zero-order valence-electron chi connectivity index (χ0n) is 13.7. The second kappa shape index (κ2) is 5.96. The zero-order valence-corrected chi connectivity index (χ0v) is 13.7. The molecule has 4 N–H and O–H groups in total. The van der Waals surface area contributed by atoms with Crippen molar-refractivity contribution in [1.29, 1.82) is 0 Å². The molecule has 0 spiro atoms. The van der Waals surface area contributed by atoms with Crippen molar-refractivity contribution in [3.8, 4) is 0 Å². The van der Waals surface area contributed by atoms with Crippen LogP contribution in [0.3, 0.4) is 0 Å². The summed E-state index contributed by atoms with van der Waals surface area (Å²) in [6.45, 7) is 9.47. The quantitative estimate of drug-likeness (QED) is 0.656. The maximum atomic E-state index is 12.0. The van der Waals surface area contributed by atoms with Crippen LogP contribution in [0.5, 0.6) is 0 Å². The van der Waals surface area contributed by atoms with E-state index in [1.54, 1.807) is 10.7 Å². The second-order valence-electron chi connectivity index (χ2n) is 6.69. The Kier molecular flexibility index (Phi) is 4.41. The molecule has 1 aliphatic rings. The third-order valence-corrected chi connectivity index (χ3v) is 3.06. The van der Waals surface area contributed by atoms with Crippen LogP contribution in [0.2, 0.25) is 0 Å². The third kappa shape index (κ3) is 4.20. The average molecular weight is 308 g/mol. The topological polar surface area (TPSA) is 100 Å². The van der Waals surface area contributed by atoms with Crippen LogP contribution < -0.4 is 21.3 Å². The summed E-state index contributed by atoms with van der Waals surface area (Å²) in [5.41, 5.74) is 0.413. The number of aryl methyl sites for hydroxylation is 1. The van der Waals surface area contributed by atoms with Crippen molar-refractivity contribution in [2.45, 2.75) is 58.9 Å². The fourth-order valence-corrected chi connectivity index (χ4v) is 2.29. The number of urea groups is 1. The zero-order chi connectivity index (χ0) is 16.5. The Hall–Kier alpha value is -2.09. The van der Waals surface area contributed by atoms with E-state index in [-0.39, 0.29) is 23.5 Å². The Bertz CT molecular complexity index is 574. The van der Waals surface area contributed by atoms with Crippen molar-refractivity contribution in [2.75, 3.05) is 5.32 Å². The first-order valence-corrected chi connectivity index (χ1v) is 7.35. The fourth-order valence-electron chi connectivity index (χ4n) is 2.29. The molecule has 2 atom stereocenters. The van der Waals surface area contributed by atoms with Crippen molar-refractivity contribution >= 4 is 17.8 Å². The van der Waals surface area contributed by atoms with Gasteiger partial charge in [0, 0.05) is 24.1 Å². The van der Waals surface area contributed by atoms with Crippen LogP contribution in [-0.2, 0) is 4.79 Å². The van der Waals surface area contributed by atoms with E-state index in [1.807, 2.05) is 34.6 Å². The fraction of sp³-hybridized carbons (Fsp3) is 0.643. The number of nitrogens with zero attached hydrogens (tertiary/aromatic N) is 2. The van der Waals surface area contributed by atoms with Gasteiger partial charge in [-0.1, -0.05) is 0 Å². The van der Waals surface area contributed by atoms with Gasteiger partial charge >= 0.3 is 6.03 Å². The van der Waals surface area contributed by atoms with Crippen LogP contribution >= 0.6 is 0 Å². The predicted molar refractivity (Wildman–Crippen MR) is 83.3 cm³/mol. The number of hydrogen-bond donors (Lipinski definition) is 4. The van der Waals surface area contributed by atoms with E-state index in [0.29, 0.717) is 12.2 Å². The molecule has 1 saturated heterocycles. The van der Waals surface area contributed by atoms with Crippen LogP contribution in [-0.4, -0.2) is 33.3 Å². The Morgan fingerprint density at radius 2 is 2.14 bits per heavy atom. The van der Waals surface area contributed by atoms with E-state index < -0.39 is 6.29 Å². The summed E-state index contributed by atoms with van der Waals surface area (Å²) in [5, 5.41) is 16.0. The molecular formula is C14H24N6O2. The molecule has 0 saturated carbocycles. The molecule has 0 aromatic carbocycles. The molecule has 0 aliphatic carbocycles. The van der Waals surface area contributed by atoms with Gasteiger partial charge in [0.05, 0.1) is 5.69 Å². The largest absolute Gasteiger partial charge is 0.333 e. The van der Waals surface area contributed by atoms with Crippen LogP contribution in [0.25, 0.3) is 0 Å². The first-order chi connectivity index (χ1) is 10.1. The highest BCUT2D eigenvalue weighted by Gasteiger charge is 2.27. The second-order valence-corrected chi connectivity index (χ2v) is 6.69. The molecule has 8 nitrogen and oxygen atoms in total. The number of nitrogens with one attached hydrogen (secondary N) is 4. The van der Waals surface area contributed by atoms with E-state index in [0.717, 1.165) is 5.69 Å². The van der Waals surface area contributed by atoms with E-state index in [4.69, 9.17) is 0 Å². The lowest BCUT2D eigenvalue weighted by Gasteiger charge is -2.30. The average Bonchev–Trinajstić information content (AvgIpc) is 2.66. The molecule has 122 valence electrons. The molecule has 3 amide bonds. The van der Waals surface area contributed by atoms with Gasteiger partial charge in [-0.05, 0) is 34.6 Å². The highest BCUT2D eigenvalue weighted by molar-refractivity contribution is 5.89. The van der Waals surface area contributed by atoms with Crippen LogP contribution in [0.4, 0.5) is 10.6 Å². The minimum atomic E-state index is -0.477. The van der Waals surface area contributed by atoms with E-state index >= 15 is 0 Å². The maximum Gasteiger partial charge on any atom is 0.320 e. The van der Waals surface area contributed by atoms with Crippen LogP contribution in [0.1, 0.15) is 46.1 Å². The Balaban J connectivity index is 2.16. The van der Waals surface area contributed by atoms with Gasteiger partial charge in [-0.15, -0.1) is 0 Å². The van der Waals surface area contributed by atoms with Crippen molar-refractivity contribution in [3.05, 3.63) is 11.8 Å². The summed E-state index contributed by atoms with van der Waals surface area (Å²) < 4.78 is 1.57. The van der Waals surface area contributed by atoms with Gasteiger partial charge in [-0.2, -0.15) is 5.10 Å². The predicted octanol–water partition coefficient (Wildman–Crippen LogP) is 1.07. The summed E-state index contributed by atoms with van der Waals surface area (Å²) in [5.74, 6) is 0.473. The first-order valence-electron chi connectivity index (χ1n) is 7.35. The molecule has 2 unspecified atom stereocenters. The summed E-state index contributed by atoms with van der Waals surface area (Å²) in [6.07, 6.45) is -0.0563. The lowest BCUT2D eigenvalue weighted by atomic mass is 10.1. The molecule has 1 fully saturated rings. The van der Waals surface area contributed by atoms with Gasteiger partial charge in [-0.3, -0.25) is 15.4 Å². The highest BCUT2D eigenvalue weighted by atomic mass is 16.2. The summed E-state index contributed by atoms with van der Waals surface area (Å²) in [4.78, 5) is 23.7. The van der Waals surface area contributed by atoms with Crippen molar-refractivity contribution in [3.63, 3.8) is 0 Å². The van der Waals surface area contributed by atoms with Gasteiger partial charge in [0.25, 0.3) is 0 Å². The monoisotopic (exact) mass is 308 g/mol. The summed E-state index contributed by atoms with van der Waals surface area (Å²) in [6, 6.07) is 1.48. The minimum Gasteiger partial charge on any atom is -0.333 e. The van der Waals surface area contributed by atoms with E-state index in [2.05, 4.69) is 26.4 Å². The van der Waals surface area contributed by atoms with Gasteiger partial charge in [0.2, 0.25) is 5.91 Å². The normalized spacial score (nSPS) is 22.1. The highest BCUT2D eigenvalue weighted by Crippen LogP contribution is 2.17. The maximum absolute atomic E-state index is 12.0. The lowest BCUT2D eigenvalue weighted by molar-refractivity contribution is -0.125. The van der Waals surface area contributed by atoms with Crippen LogP contribution in [0, 0.1) is 6.92 Å². The number of rotatable bonds is 2. The number of hydrogen-bond acceptors (Lipinski definition) is 4. The Labute approximate surface area is 130 Å². The van der Waals surface area contributed by atoms with Gasteiger partial charge < -0.3 is 10.6 Å². The number of anilines is 1. The summed E-state index contributed by atoms with van der Waals surface area (Å²) in [7, 11) is 0. The molecule has 0 radical (unpaired) electrons. The standard InChI is InChI=1S/C14H24N6O2/c1-8-7-11(21)17-12(15-8)20-10(6-9(2)19-20)16-13(22)18-14(3,4)5/h6,8,12,15H,7H2,1-5H3,(H,17,21)(H2,16,18,22). The number of aromatic nitrogens is 2. The minimum absolute atomic E-state index is 0.0412. The Morgan fingerprint density at radius 1 is 1.45 bits per heavy atom. The van der Waals surface area contributed by atoms with Crippen LogP contribution in [0.15, 0.2) is 6.07 Å². The summed E-state index contributed by atoms with van der Waals surface area (Å²) >= 11 is 0. The molecule has 8 heteroatoms. The van der Waals surface area contributed by atoms with E-state index in [9.17, 15) is 9.59 Å². The van der Waals surface area contributed by atoms with Gasteiger partial charge in [0.1, 0.15) is 5.82 Å². The number of amides is 3. The molecule has 2 heterocycles.